The Balaban J connectivity index is 2.34. The zero-order chi connectivity index (χ0) is 8.10. The van der Waals surface area contributed by atoms with Gasteiger partial charge in [-0.15, -0.1) is 0 Å². The molecule has 0 aliphatic carbocycles. The molecule has 1 aliphatic heterocycles. The third kappa shape index (κ3) is 2.91. The zero-order valence-electron chi connectivity index (χ0n) is 7.05. The van der Waals surface area contributed by atoms with Gasteiger partial charge in [-0.2, -0.15) is 0 Å². The predicted octanol–water partition coefficient (Wildman–Crippen LogP) is 1.73. The van der Waals surface area contributed by atoms with Crippen molar-refractivity contribution in [1.29, 1.82) is 0 Å². The average molecular weight is 189 g/mol. The van der Waals surface area contributed by atoms with Crippen molar-refractivity contribution < 1.29 is 15.9 Å². The Morgan fingerprint density at radius 3 is 2.64 bits per heavy atom. The number of nitrogens with zero attached hydrogens (tertiary/aromatic N) is 1. The van der Waals surface area contributed by atoms with E-state index in [0.29, 0.717) is 0 Å². The summed E-state index contributed by atoms with van der Waals surface area (Å²) in [6.45, 7) is 4.63. The van der Waals surface area contributed by atoms with Crippen LogP contribution in [0.3, 0.4) is 0 Å². The molecule has 0 spiro atoms. The van der Waals surface area contributed by atoms with Gasteiger partial charge < -0.3 is 0 Å². The second kappa shape index (κ2) is 4.88. The zero-order valence-corrected chi connectivity index (χ0v) is 8.32. The van der Waals surface area contributed by atoms with Gasteiger partial charge in [-0.05, 0) is 0 Å². The molecule has 0 bridgehead atoms. The summed E-state index contributed by atoms with van der Waals surface area (Å²) in [6, 6.07) is 0. The second-order valence-electron chi connectivity index (χ2n) is 2.84. The van der Waals surface area contributed by atoms with Crippen molar-refractivity contribution in [3.05, 3.63) is 12.2 Å². The van der Waals surface area contributed by atoms with Crippen LogP contribution in [0, 0.1) is 0 Å². The van der Waals surface area contributed by atoms with Crippen LogP contribution >= 0.6 is 0 Å². The van der Waals surface area contributed by atoms with Crippen molar-refractivity contribution in [2.45, 2.75) is 26.2 Å². The fourth-order valence-corrected chi connectivity index (χ4v) is 1.70. The van der Waals surface area contributed by atoms with E-state index in [4.69, 9.17) is 0 Å². The summed E-state index contributed by atoms with van der Waals surface area (Å²) in [5.41, 5.74) is 0. The van der Waals surface area contributed by atoms with Gasteiger partial charge in [0.2, 0.25) is 0 Å². The molecule has 0 atom stereocenters. The number of rotatable bonds is 3. The summed E-state index contributed by atoms with van der Waals surface area (Å²) in [7, 11) is 0. The molecule has 0 aromatic carbocycles. The van der Waals surface area contributed by atoms with Crippen molar-refractivity contribution in [2.24, 2.45) is 0 Å². The quantitative estimate of drug-likeness (QED) is 0.653. The number of hydrogen-bond acceptors (Lipinski definition) is 1. The molecule has 0 aromatic rings. The van der Waals surface area contributed by atoms with E-state index in [-0.39, 0.29) is 0 Å². The molecule has 0 saturated carbocycles. The van der Waals surface area contributed by atoms with Gasteiger partial charge in [0.05, 0.1) is 0 Å². The van der Waals surface area contributed by atoms with E-state index < -0.39 is 0 Å². The Bertz CT molecular complexity index is 157. The topological polar surface area (TPSA) is 3.24 Å². The van der Waals surface area contributed by atoms with Gasteiger partial charge in [-0.25, -0.2) is 0 Å². The van der Waals surface area contributed by atoms with Crippen molar-refractivity contribution in [3.63, 3.8) is 0 Å². The van der Waals surface area contributed by atoms with Gasteiger partial charge in [-0.3, -0.25) is 0 Å². The minimum absolute atomic E-state index is 1.12. The van der Waals surface area contributed by atoms with E-state index >= 15 is 0 Å². The van der Waals surface area contributed by atoms with Crippen LogP contribution in [-0.2, 0) is 15.9 Å². The Labute approximate surface area is 77.0 Å². The molecule has 1 rings (SSSR count). The van der Waals surface area contributed by atoms with Crippen molar-refractivity contribution in [2.75, 3.05) is 13.1 Å². The van der Waals surface area contributed by atoms with Crippen LogP contribution in [0.15, 0.2) is 12.2 Å². The molecule has 0 aromatic heterocycles. The molecule has 2 heteroatoms. The first-order valence-electron chi connectivity index (χ1n) is 4.30. The molecule has 62 valence electrons. The van der Waals surface area contributed by atoms with Crippen LogP contribution in [-0.4, -0.2) is 22.5 Å². The summed E-state index contributed by atoms with van der Waals surface area (Å²) in [4.78, 5) is 2.41. The molecule has 1 nitrogen and oxygen atoms in total. The molecule has 0 radical (unpaired) electrons. The number of allylic oxidation sites excluding steroid dienone is 1. The maximum absolute atomic E-state index is 3.11. The molecule has 11 heavy (non-hydrogen) atoms. The molecular weight excluding hydrogens is 174 g/mol. The summed E-state index contributed by atoms with van der Waals surface area (Å²) >= 11 is 3.11. The van der Waals surface area contributed by atoms with Crippen LogP contribution in [0.4, 0.5) is 0 Å². The van der Waals surface area contributed by atoms with E-state index in [1.54, 1.807) is 0 Å². The van der Waals surface area contributed by atoms with E-state index in [1.807, 2.05) is 0 Å². The minimum atomic E-state index is 1.12. The van der Waals surface area contributed by atoms with Crippen LogP contribution in [0.25, 0.3) is 0 Å². The molecule has 0 amide bonds. The molecule has 0 unspecified atom stereocenters. The van der Waals surface area contributed by atoms with Crippen LogP contribution in [0.2, 0.25) is 0 Å². The molecular formula is C9H15CrN. The van der Waals surface area contributed by atoms with Crippen molar-refractivity contribution in [1.82, 2.24) is 4.90 Å². The van der Waals surface area contributed by atoms with Gasteiger partial charge in [-0.1, -0.05) is 0 Å². The van der Waals surface area contributed by atoms with Gasteiger partial charge in [0.25, 0.3) is 0 Å². The first-order chi connectivity index (χ1) is 5.34. The van der Waals surface area contributed by atoms with Crippen LogP contribution in [0.1, 0.15) is 26.2 Å². The second-order valence-corrected chi connectivity index (χ2v) is 3.50. The summed E-state index contributed by atoms with van der Waals surface area (Å²) in [5.74, 6) is 0. The van der Waals surface area contributed by atoms with Gasteiger partial charge >= 0.3 is 76.7 Å². The molecule has 1 heterocycles. The van der Waals surface area contributed by atoms with E-state index in [9.17, 15) is 0 Å². The fourth-order valence-electron chi connectivity index (χ4n) is 1.26. The first-order valence-corrected chi connectivity index (χ1v) is 4.94. The Hall–Kier alpha value is 0.102. The third-order valence-electron chi connectivity index (χ3n) is 1.91. The van der Waals surface area contributed by atoms with Crippen molar-refractivity contribution >= 4 is 4.50 Å². The van der Waals surface area contributed by atoms with Crippen molar-refractivity contribution in [3.8, 4) is 0 Å². The van der Waals surface area contributed by atoms with Crippen LogP contribution in [0.5, 0.6) is 0 Å². The molecule has 0 N–H and O–H groups in total. The Kier molecular flexibility index (Phi) is 4.07. The normalized spacial score (nSPS) is 19.7. The van der Waals surface area contributed by atoms with Crippen LogP contribution < -0.4 is 0 Å². The summed E-state index contributed by atoms with van der Waals surface area (Å²) < 4.78 is 1.31. The molecule has 1 saturated heterocycles. The first kappa shape index (κ1) is 9.19. The predicted molar refractivity (Wildman–Crippen MR) is 45.2 cm³/mol. The van der Waals surface area contributed by atoms with Gasteiger partial charge in [0.1, 0.15) is 0 Å². The standard InChI is InChI=1S/C9H15N.Cr/c1-2-3-4-7-10-8-5-6-9-10;/h3-4H,2,5-6,8-9H2,1H3;/b4-3+;. The van der Waals surface area contributed by atoms with Gasteiger partial charge in [0, 0.05) is 0 Å². The number of likely N-dealkylation sites (tertiary alicyclic amines) is 1. The summed E-state index contributed by atoms with van der Waals surface area (Å²) in [5, 5.41) is 0. The Morgan fingerprint density at radius 1 is 1.45 bits per heavy atom. The average Bonchev–Trinajstić information content (AvgIpc) is 2.52. The van der Waals surface area contributed by atoms with E-state index in [1.165, 1.54) is 30.4 Å². The maximum atomic E-state index is 3.11. The fraction of sp³-hybridized carbons (Fsp3) is 0.667. The monoisotopic (exact) mass is 189 g/mol. The van der Waals surface area contributed by atoms with E-state index in [0.717, 1.165) is 6.42 Å². The Morgan fingerprint density at radius 2 is 2.09 bits per heavy atom. The summed E-state index contributed by atoms with van der Waals surface area (Å²) in [6.07, 6.45) is 8.21. The van der Waals surface area contributed by atoms with E-state index in [2.05, 4.69) is 39.8 Å². The molecule has 1 fully saturated rings. The SMILES string of the molecule is CC/C=C/[C](=[Cr])N1CCCC1. The number of hydrogen-bond donors (Lipinski definition) is 0. The molecule has 1 aliphatic rings. The third-order valence-corrected chi connectivity index (χ3v) is 2.53. The van der Waals surface area contributed by atoms with Gasteiger partial charge in [0.15, 0.2) is 0 Å².